The van der Waals surface area contributed by atoms with Crippen molar-refractivity contribution < 1.29 is 14.8 Å². The lowest BCUT2D eigenvalue weighted by Crippen LogP contribution is -2.38. The molecule has 0 spiro atoms. The van der Waals surface area contributed by atoms with Crippen molar-refractivity contribution in [2.24, 2.45) is 0 Å². The number of carboxylic acid groups (broad SMARTS) is 1. The van der Waals surface area contributed by atoms with Crippen molar-refractivity contribution in [2.45, 2.75) is 26.3 Å². The highest BCUT2D eigenvalue weighted by molar-refractivity contribution is 5.77. The van der Waals surface area contributed by atoms with Gasteiger partial charge in [-0.2, -0.15) is 0 Å². The summed E-state index contributed by atoms with van der Waals surface area (Å²) >= 11 is 0. The van der Waals surface area contributed by atoms with Crippen LogP contribution in [-0.4, -0.2) is 34.1 Å². The quantitative estimate of drug-likeness (QED) is 0.632. The third-order valence-electron chi connectivity index (χ3n) is 2.72. The highest BCUT2D eigenvalue weighted by Crippen LogP contribution is 2.22. The minimum Gasteiger partial charge on any atom is -0.480 e. The highest BCUT2D eigenvalue weighted by atomic mass is 16.6. The molecule has 0 aliphatic rings. The second kappa shape index (κ2) is 5.44. The van der Waals surface area contributed by atoms with E-state index in [0.717, 1.165) is 6.20 Å². The Morgan fingerprint density at radius 2 is 2.28 bits per heavy atom. The van der Waals surface area contributed by atoms with Crippen molar-refractivity contribution in [3.05, 3.63) is 27.9 Å². The smallest absolute Gasteiger partial charge is 0.326 e. The van der Waals surface area contributed by atoms with E-state index in [1.165, 1.54) is 11.0 Å². The lowest BCUT2D eigenvalue weighted by atomic mass is 10.1. The van der Waals surface area contributed by atoms with Gasteiger partial charge in [-0.3, -0.25) is 10.1 Å². The van der Waals surface area contributed by atoms with Crippen LogP contribution in [0.5, 0.6) is 0 Å². The number of pyridine rings is 1. The third-order valence-corrected chi connectivity index (χ3v) is 2.72. The molecule has 1 heterocycles. The number of aromatic nitrogens is 1. The molecule has 0 radical (unpaired) electrons. The number of anilines is 1. The molecule has 18 heavy (non-hydrogen) atoms. The zero-order chi connectivity index (χ0) is 13.9. The number of carboxylic acids is 1. The molecule has 0 amide bonds. The average molecular weight is 253 g/mol. The fourth-order valence-electron chi connectivity index (χ4n) is 1.78. The van der Waals surface area contributed by atoms with Gasteiger partial charge in [-0.1, -0.05) is 6.92 Å². The molecule has 1 N–H and O–H groups in total. The molecule has 1 aromatic heterocycles. The Balaban J connectivity index is 3.10. The summed E-state index contributed by atoms with van der Waals surface area (Å²) in [5.41, 5.74) is 0.472. The van der Waals surface area contributed by atoms with Crippen LogP contribution < -0.4 is 4.90 Å². The molecule has 1 unspecified atom stereocenters. The molecule has 0 fully saturated rings. The monoisotopic (exact) mass is 253 g/mol. The van der Waals surface area contributed by atoms with Gasteiger partial charge in [-0.25, -0.2) is 9.78 Å². The molecule has 7 heteroatoms. The van der Waals surface area contributed by atoms with Gasteiger partial charge < -0.3 is 10.0 Å². The summed E-state index contributed by atoms with van der Waals surface area (Å²) in [5.74, 6) is -0.505. The fraction of sp³-hybridized carbons (Fsp3) is 0.455. The molecule has 0 aliphatic heterocycles. The molecule has 1 atom stereocenters. The number of aryl methyl sites for hydroxylation is 1. The first-order chi connectivity index (χ1) is 8.38. The minimum absolute atomic E-state index is 0.104. The summed E-state index contributed by atoms with van der Waals surface area (Å²) in [5, 5.41) is 19.7. The van der Waals surface area contributed by atoms with Gasteiger partial charge in [0.15, 0.2) is 0 Å². The first-order valence-corrected chi connectivity index (χ1v) is 5.45. The summed E-state index contributed by atoms with van der Waals surface area (Å²) in [7, 11) is 1.61. The van der Waals surface area contributed by atoms with Crippen LogP contribution in [0.25, 0.3) is 0 Å². The van der Waals surface area contributed by atoms with E-state index in [1.54, 1.807) is 20.9 Å². The lowest BCUT2D eigenvalue weighted by molar-refractivity contribution is -0.385. The average Bonchev–Trinajstić information content (AvgIpc) is 2.28. The first kappa shape index (κ1) is 13.9. The van der Waals surface area contributed by atoms with Crippen LogP contribution in [0.1, 0.15) is 18.9 Å². The van der Waals surface area contributed by atoms with Gasteiger partial charge in [0.25, 0.3) is 5.69 Å². The van der Waals surface area contributed by atoms with Gasteiger partial charge in [0, 0.05) is 13.1 Å². The Hall–Kier alpha value is -2.18. The molecule has 0 saturated heterocycles. The van der Waals surface area contributed by atoms with E-state index in [1.807, 2.05) is 0 Å². The molecule has 0 aromatic carbocycles. The minimum atomic E-state index is -0.945. The maximum Gasteiger partial charge on any atom is 0.326 e. The Labute approximate surface area is 104 Å². The van der Waals surface area contributed by atoms with Crippen LogP contribution in [0, 0.1) is 17.0 Å². The molecule has 1 rings (SSSR count). The number of hydrogen-bond acceptors (Lipinski definition) is 5. The van der Waals surface area contributed by atoms with Crippen LogP contribution in [-0.2, 0) is 4.79 Å². The molecule has 0 saturated carbocycles. The second-order valence-corrected chi connectivity index (χ2v) is 3.96. The van der Waals surface area contributed by atoms with E-state index in [4.69, 9.17) is 5.11 Å². The molecule has 98 valence electrons. The summed E-state index contributed by atoms with van der Waals surface area (Å²) < 4.78 is 0. The SMILES string of the molecule is CCC(C(=O)O)N(C)c1ncc([N+](=O)[O-])cc1C. The fourth-order valence-corrected chi connectivity index (χ4v) is 1.78. The molecule has 1 aromatic rings. The van der Waals surface area contributed by atoms with E-state index >= 15 is 0 Å². The number of nitro groups is 1. The van der Waals surface area contributed by atoms with E-state index in [2.05, 4.69) is 4.98 Å². The third kappa shape index (κ3) is 2.73. The standard InChI is InChI=1S/C11H15N3O4/c1-4-9(11(15)16)13(3)10-7(2)5-8(6-12-10)14(17)18/h5-6,9H,4H2,1-3H3,(H,15,16). The topological polar surface area (TPSA) is 96.6 Å². The Bertz CT molecular complexity index is 475. The maximum atomic E-state index is 11.1. The summed E-state index contributed by atoms with van der Waals surface area (Å²) in [4.78, 5) is 26.6. The molecule has 7 nitrogen and oxygen atoms in total. The van der Waals surface area contributed by atoms with Crippen molar-refractivity contribution in [2.75, 3.05) is 11.9 Å². The van der Waals surface area contributed by atoms with Gasteiger partial charge in [0.1, 0.15) is 18.1 Å². The van der Waals surface area contributed by atoms with Crippen molar-refractivity contribution in [3.8, 4) is 0 Å². The summed E-state index contributed by atoms with van der Waals surface area (Å²) in [6.45, 7) is 3.43. The van der Waals surface area contributed by atoms with Gasteiger partial charge >= 0.3 is 5.97 Å². The molecular weight excluding hydrogens is 238 g/mol. The lowest BCUT2D eigenvalue weighted by Gasteiger charge is -2.25. The van der Waals surface area contributed by atoms with E-state index in [0.29, 0.717) is 17.8 Å². The summed E-state index contributed by atoms with van der Waals surface area (Å²) in [6.07, 6.45) is 1.55. The Kier molecular flexibility index (Phi) is 4.19. The largest absolute Gasteiger partial charge is 0.480 e. The molecule has 0 bridgehead atoms. The zero-order valence-corrected chi connectivity index (χ0v) is 10.5. The van der Waals surface area contributed by atoms with Gasteiger partial charge in [0.05, 0.1) is 4.92 Å². The van der Waals surface area contributed by atoms with Crippen LogP contribution in [0.4, 0.5) is 11.5 Å². The molecular formula is C11H15N3O4. The highest BCUT2D eigenvalue weighted by Gasteiger charge is 2.23. The normalized spacial score (nSPS) is 11.9. The zero-order valence-electron chi connectivity index (χ0n) is 10.5. The second-order valence-electron chi connectivity index (χ2n) is 3.96. The first-order valence-electron chi connectivity index (χ1n) is 5.45. The number of likely N-dealkylation sites (N-methyl/N-ethyl adjacent to an activating group) is 1. The predicted molar refractivity (Wildman–Crippen MR) is 65.7 cm³/mol. The van der Waals surface area contributed by atoms with Gasteiger partial charge in [-0.05, 0) is 18.9 Å². The number of carbonyl (C=O) groups is 1. The van der Waals surface area contributed by atoms with E-state index < -0.39 is 16.9 Å². The van der Waals surface area contributed by atoms with Crippen LogP contribution in [0.15, 0.2) is 12.3 Å². The van der Waals surface area contributed by atoms with Crippen LogP contribution in [0.2, 0.25) is 0 Å². The molecule has 0 aliphatic carbocycles. The van der Waals surface area contributed by atoms with Crippen molar-refractivity contribution in [1.82, 2.24) is 4.98 Å². The number of rotatable bonds is 5. The van der Waals surface area contributed by atoms with Crippen LogP contribution >= 0.6 is 0 Å². The number of aliphatic carboxylic acids is 1. The maximum absolute atomic E-state index is 11.1. The van der Waals surface area contributed by atoms with Crippen molar-refractivity contribution in [3.63, 3.8) is 0 Å². The van der Waals surface area contributed by atoms with E-state index in [-0.39, 0.29) is 5.69 Å². The van der Waals surface area contributed by atoms with E-state index in [9.17, 15) is 14.9 Å². The predicted octanol–water partition coefficient (Wildman–Crippen LogP) is 1.60. The van der Waals surface area contributed by atoms with Gasteiger partial charge in [0.2, 0.25) is 0 Å². The Morgan fingerprint density at radius 3 is 2.67 bits per heavy atom. The van der Waals surface area contributed by atoms with Gasteiger partial charge in [-0.15, -0.1) is 0 Å². The van der Waals surface area contributed by atoms with Crippen LogP contribution in [0.3, 0.4) is 0 Å². The number of nitrogens with zero attached hydrogens (tertiary/aromatic N) is 3. The Morgan fingerprint density at radius 1 is 1.67 bits per heavy atom. The number of hydrogen-bond donors (Lipinski definition) is 1. The van der Waals surface area contributed by atoms with Crippen molar-refractivity contribution in [1.29, 1.82) is 0 Å². The summed E-state index contributed by atoms with van der Waals surface area (Å²) in [6, 6.07) is 0.686. The van der Waals surface area contributed by atoms with Crippen molar-refractivity contribution >= 4 is 17.5 Å².